The molecule has 1 heterocycles. The Morgan fingerprint density at radius 2 is 2.08 bits per heavy atom. The van der Waals surface area contributed by atoms with E-state index in [0.717, 1.165) is 6.54 Å². The average molecular weight is 213 g/mol. The molecular formula is C10H19NSSi. The number of thiophene rings is 1. The molecule has 0 fully saturated rings. The lowest BCUT2D eigenvalue weighted by Crippen LogP contribution is -2.37. The van der Waals surface area contributed by atoms with Crippen molar-refractivity contribution in [1.82, 2.24) is 4.90 Å². The van der Waals surface area contributed by atoms with E-state index in [1.807, 2.05) is 0 Å². The van der Waals surface area contributed by atoms with Crippen molar-refractivity contribution in [1.29, 1.82) is 0 Å². The van der Waals surface area contributed by atoms with Crippen molar-refractivity contribution in [2.45, 2.75) is 26.2 Å². The van der Waals surface area contributed by atoms with E-state index in [4.69, 9.17) is 0 Å². The predicted molar refractivity (Wildman–Crippen MR) is 64.0 cm³/mol. The van der Waals surface area contributed by atoms with Gasteiger partial charge in [0.05, 0.1) is 8.07 Å². The third-order valence-electron chi connectivity index (χ3n) is 1.78. The quantitative estimate of drug-likeness (QED) is 0.695. The highest BCUT2D eigenvalue weighted by Crippen LogP contribution is 2.10. The van der Waals surface area contributed by atoms with Crippen LogP contribution in [0.2, 0.25) is 19.6 Å². The third kappa shape index (κ3) is 4.60. The summed E-state index contributed by atoms with van der Waals surface area (Å²) < 4.78 is 0. The predicted octanol–water partition coefficient (Wildman–Crippen LogP) is 3.06. The van der Waals surface area contributed by atoms with Crippen LogP contribution in [0.1, 0.15) is 5.56 Å². The molecule has 1 rings (SSSR count). The van der Waals surface area contributed by atoms with Gasteiger partial charge in [-0.2, -0.15) is 11.3 Å². The van der Waals surface area contributed by atoms with E-state index in [2.05, 4.69) is 48.4 Å². The molecule has 0 unspecified atom stereocenters. The van der Waals surface area contributed by atoms with Gasteiger partial charge in [-0.3, -0.25) is 0 Å². The summed E-state index contributed by atoms with van der Waals surface area (Å²) in [5, 5.41) is 4.39. The summed E-state index contributed by atoms with van der Waals surface area (Å²) in [6.45, 7) is 8.35. The van der Waals surface area contributed by atoms with E-state index in [-0.39, 0.29) is 0 Å². The topological polar surface area (TPSA) is 3.24 Å². The van der Waals surface area contributed by atoms with Crippen LogP contribution in [0.5, 0.6) is 0 Å². The molecule has 0 bridgehead atoms. The van der Waals surface area contributed by atoms with Crippen molar-refractivity contribution in [3.63, 3.8) is 0 Å². The highest BCUT2D eigenvalue weighted by atomic mass is 32.1. The Morgan fingerprint density at radius 3 is 2.54 bits per heavy atom. The van der Waals surface area contributed by atoms with Gasteiger partial charge in [-0.25, -0.2) is 0 Å². The minimum atomic E-state index is -0.924. The van der Waals surface area contributed by atoms with Crippen molar-refractivity contribution in [2.24, 2.45) is 0 Å². The lowest BCUT2D eigenvalue weighted by atomic mass is 10.3. The van der Waals surface area contributed by atoms with E-state index in [9.17, 15) is 0 Å². The average Bonchev–Trinajstić information content (AvgIpc) is 2.34. The molecule has 1 nitrogen and oxygen atoms in total. The monoisotopic (exact) mass is 213 g/mol. The summed E-state index contributed by atoms with van der Waals surface area (Å²) >= 11 is 1.78. The zero-order chi connectivity index (χ0) is 9.90. The molecule has 0 aliphatic rings. The van der Waals surface area contributed by atoms with E-state index >= 15 is 0 Å². The maximum Gasteiger partial charge on any atom is 0.0599 e. The van der Waals surface area contributed by atoms with E-state index in [0.29, 0.717) is 0 Å². The van der Waals surface area contributed by atoms with E-state index in [1.54, 1.807) is 11.3 Å². The Balaban J connectivity index is 2.38. The molecule has 13 heavy (non-hydrogen) atoms. The van der Waals surface area contributed by atoms with Crippen LogP contribution in [0, 0.1) is 0 Å². The van der Waals surface area contributed by atoms with Crippen molar-refractivity contribution in [3.8, 4) is 0 Å². The van der Waals surface area contributed by atoms with Crippen LogP contribution < -0.4 is 0 Å². The number of rotatable bonds is 4. The highest BCUT2D eigenvalue weighted by Gasteiger charge is 2.15. The lowest BCUT2D eigenvalue weighted by molar-refractivity contribution is 0.375. The zero-order valence-corrected chi connectivity index (χ0v) is 10.8. The molecular weight excluding hydrogens is 194 g/mol. The first-order chi connectivity index (χ1) is 5.97. The van der Waals surface area contributed by atoms with Crippen LogP contribution in [-0.2, 0) is 6.54 Å². The van der Waals surface area contributed by atoms with E-state index in [1.165, 1.54) is 11.7 Å². The van der Waals surface area contributed by atoms with Crippen LogP contribution >= 0.6 is 11.3 Å². The molecule has 0 spiro atoms. The Morgan fingerprint density at radius 1 is 1.38 bits per heavy atom. The Bertz CT molecular complexity index is 238. The maximum absolute atomic E-state index is 2.44. The van der Waals surface area contributed by atoms with Gasteiger partial charge in [-0.15, -0.1) is 0 Å². The Kier molecular flexibility index (Phi) is 3.70. The minimum absolute atomic E-state index is 0.924. The van der Waals surface area contributed by atoms with Crippen LogP contribution in [0.15, 0.2) is 16.8 Å². The van der Waals surface area contributed by atoms with Crippen LogP contribution in [0.3, 0.4) is 0 Å². The second-order valence-electron chi connectivity index (χ2n) is 4.86. The fraction of sp³-hybridized carbons (Fsp3) is 0.600. The summed E-state index contributed by atoms with van der Waals surface area (Å²) in [5.41, 5.74) is 1.45. The van der Waals surface area contributed by atoms with Gasteiger partial charge < -0.3 is 4.90 Å². The number of hydrogen-bond donors (Lipinski definition) is 0. The summed E-state index contributed by atoms with van der Waals surface area (Å²) in [6.07, 6.45) is 1.28. The van der Waals surface area contributed by atoms with Crippen molar-refractivity contribution >= 4 is 19.4 Å². The fourth-order valence-electron chi connectivity index (χ4n) is 1.56. The first-order valence-electron chi connectivity index (χ1n) is 4.67. The van der Waals surface area contributed by atoms with Gasteiger partial charge in [0, 0.05) is 6.54 Å². The molecule has 0 aliphatic heterocycles. The second-order valence-corrected chi connectivity index (χ2v) is 11.1. The van der Waals surface area contributed by atoms with Gasteiger partial charge in [-0.05, 0) is 35.6 Å². The SMILES string of the molecule is CN(Cc1ccsc1)C[Si](C)(C)C. The van der Waals surface area contributed by atoms with Gasteiger partial charge in [0.25, 0.3) is 0 Å². The molecule has 0 radical (unpaired) electrons. The van der Waals surface area contributed by atoms with Crippen LogP contribution in [0.4, 0.5) is 0 Å². The normalized spacial score (nSPS) is 12.4. The molecule has 0 aliphatic carbocycles. The summed E-state index contributed by atoms with van der Waals surface area (Å²) in [5.74, 6) is 0. The fourth-order valence-corrected chi connectivity index (χ4v) is 3.95. The van der Waals surface area contributed by atoms with Crippen molar-refractivity contribution in [3.05, 3.63) is 22.4 Å². The largest absolute Gasteiger partial charge is 0.305 e. The van der Waals surface area contributed by atoms with Crippen molar-refractivity contribution < 1.29 is 0 Å². The lowest BCUT2D eigenvalue weighted by Gasteiger charge is -2.24. The minimum Gasteiger partial charge on any atom is -0.305 e. The van der Waals surface area contributed by atoms with E-state index < -0.39 is 8.07 Å². The molecule has 1 aromatic heterocycles. The summed E-state index contributed by atoms with van der Waals surface area (Å²) in [7, 11) is 1.29. The van der Waals surface area contributed by atoms with Crippen molar-refractivity contribution in [2.75, 3.05) is 13.2 Å². The van der Waals surface area contributed by atoms with Gasteiger partial charge in [0.1, 0.15) is 0 Å². The summed E-state index contributed by atoms with van der Waals surface area (Å²) in [6, 6.07) is 2.21. The number of hydrogen-bond acceptors (Lipinski definition) is 2. The smallest absolute Gasteiger partial charge is 0.0599 e. The van der Waals surface area contributed by atoms with Gasteiger partial charge in [-0.1, -0.05) is 19.6 Å². The molecule has 1 aromatic rings. The molecule has 0 saturated heterocycles. The molecule has 3 heteroatoms. The highest BCUT2D eigenvalue weighted by molar-refractivity contribution is 7.07. The third-order valence-corrected chi connectivity index (χ3v) is 4.00. The second kappa shape index (κ2) is 4.40. The molecule has 0 N–H and O–H groups in total. The van der Waals surface area contributed by atoms with Gasteiger partial charge >= 0.3 is 0 Å². The molecule has 0 atom stereocenters. The molecule has 0 saturated carbocycles. The molecule has 74 valence electrons. The van der Waals surface area contributed by atoms with Gasteiger partial charge in [0.15, 0.2) is 0 Å². The first-order valence-corrected chi connectivity index (χ1v) is 9.32. The summed E-state index contributed by atoms with van der Waals surface area (Å²) in [4.78, 5) is 2.44. The zero-order valence-electron chi connectivity index (χ0n) is 9.00. The number of nitrogens with zero attached hydrogens (tertiary/aromatic N) is 1. The Hall–Kier alpha value is -0.123. The molecule has 0 amide bonds. The van der Waals surface area contributed by atoms with Gasteiger partial charge in [0.2, 0.25) is 0 Å². The Labute approximate surface area is 86.4 Å². The van der Waals surface area contributed by atoms with Crippen LogP contribution in [0.25, 0.3) is 0 Å². The standard InChI is InChI=1S/C10H19NSSi/c1-11(9-13(2,3)4)7-10-5-6-12-8-10/h5-6,8H,7,9H2,1-4H3. The van der Waals surface area contributed by atoms with Crippen LogP contribution in [-0.4, -0.2) is 26.2 Å². The molecule has 0 aromatic carbocycles. The maximum atomic E-state index is 2.44. The first kappa shape index (κ1) is 11.0.